The van der Waals surface area contributed by atoms with Gasteiger partial charge in [-0.15, -0.1) is 0 Å². The summed E-state index contributed by atoms with van der Waals surface area (Å²) in [6.07, 6.45) is 5.98. The topological polar surface area (TPSA) is 94.6 Å². The highest BCUT2D eigenvalue weighted by Crippen LogP contribution is 2.32. The van der Waals surface area contributed by atoms with Crippen LogP contribution in [-0.4, -0.2) is 44.0 Å². The molecule has 0 aromatic heterocycles. The maximum absolute atomic E-state index is 12.0. The summed E-state index contributed by atoms with van der Waals surface area (Å²) < 4.78 is 0. The van der Waals surface area contributed by atoms with E-state index >= 15 is 0 Å². The van der Waals surface area contributed by atoms with Crippen molar-refractivity contribution >= 4 is 23.5 Å². The van der Waals surface area contributed by atoms with E-state index in [1.54, 1.807) is 0 Å². The van der Waals surface area contributed by atoms with Crippen LogP contribution in [0.3, 0.4) is 0 Å². The van der Waals surface area contributed by atoms with Gasteiger partial charge >= 0.3 is 0 Å². The highest BCUT2D eigenvalue weighted by atomic mass is 16.2. The number of para-hydroxylation sites is 1. The van der Waals surface area contributed by atoms with E-state index in [2.05, 4.69) is 32.3 Å². The lowest BCUT2D eigenvalue weighted by molar-refractivity contribution is -0.122. The fourth-order valence-corrected chi connectivity index (χ4v) is 4.14. The van der Waals surface area contributed by atoms with Crippen molar-refractivity contribution in [2.45, 2.75) is 51.4 Å². The van der Waals surface area contributed by atoms with Gasteiger partial charge in [0.1, 0.15) is 0 Å². The molecular formula is C22H33N5O2. The summed E-state index contributed by atoms with van der Waals surface area (Å²) >= 11 is 0. The number of benzene rings is 1. The molecule has 29 heavy (non-hydrogen) atoms. The number of nitrogens with zero attached hydrogens (tertiary/aromatic N) is 1. The van der Waals surface area contributed by atoms with E-state index in [4.69, 9.17) is 0 Å². The molecule has 1 aliphatic heterocycles. The first-order chi connectivity index (χ1) is 14.2. The Morgan fingerprint density at radius 3 is 2.69 bits per heavy atom. The third kappa shape index (κ3) is 6.48. The van der Waals surface area contributed by atoms with Gasteiger partial charge in [0.15, 0.2) is 5.96 Å². The first kappa shape index (κ1) is 21.1. The molecule has 1 aliphatic carbocycles. The second-order valence-electron chi connectivity index (χ2n) is 7.89. The molecule has 1 aromatic carbocycles. The summed E-state index contributed by atoms with van der Waals surface area (Å²) in [6.45, 7) is 4.49. The lowest BCUT2D eigenvalue weighted by Crippen LogP contribution is -2.42. The summed E-state index contributed by atoms with van der Waals surface area (Å²) in [7, 11) is 0. The minimum absolute atomic E-state index is 0.0341. The van der Waals surface area contributed by atoms with Crippen molar-refractivity contribution in [1.29, 1.82) is 0 Å². The SMILES string of the molecule is CCNC(=NCC1CC(=O)Nc2ccccc21)NCCNC(=O)CC1CCCC1. The quantitative estimate of drug-likeness (QED) is 0.307. The van der Waals surface area contributed by atoms with Crippen molar-refractivity contribution < 1.29 is 9.59 Å². The molecule has 1 atom stereocenters. The molecule has 0 saturated heterocycles. The Hall–Kier alpha value is -2.57. The summed E-state index contributed by atoms with van der Waals surface area (Å²) in [4.78, 5) is 28.7. The number of carbonyl (C=O) groups is 2. The van der Waals surface area contributed by atoms with Crippen molar-refractivity contribution in [2.24, 2.45) is 10.9 Å². The normalized spacial score (nSPS) is 19.4. The van der Waals surface area contributed by atoms with E-state index < -0.39 is 0 Å². The number of carbonyl (C=O) groups excluding carboxylic acids is 2. The lowest BCUT2D eigenvalue weighted by Gasteiger charge is -2.24. The van der Waals surface area contributed by atoms with Crippen LogP contribution in [-0.2, 0) is 9.59 Å². The largest absolute Gasteiger partial charge is 0.357 e. The van der Waals surface area contributed by atoms with Crippen molar-refractivity contribution in [3.8, 4) is 0 Å². The Morgan fingerprint density at radius 2 is 1.90 bits per heavy atom. The minimum Gasteiger partial charge on any atom is -0.357 e. The average molecular weight is 400 g/mol. The Bertz CT molecular complexity index is 728. The molecule has 7 heteroatoms. The van der Waals surface area contributed by atoms with Gasteiger partial charge in [0.05, 0.1) is 6.54 Å². The lowest BCUT2D eigenvalue weighted by atomic mass is 9.91. The van der Waals surface area contributed by atoms with E-state index in [1.807, 2.05) is 25.1 Å². The zero-order chi connectivity index (χ0) is 20.5. The van der Waals surface area contributed by atoms with Crippen LogP contribution in [0.25, 0.3) is 0 Å². The Kier molecular flexibility index (Phi) is 7.90. The highest BCUT2D eigenvalue weighted by Gasteiger charge is 2.24. The van der Waals surface area contributed by atoms with E-state index in [0.29, 0.717) is 44.4 Å². The standard InChI is InChI=1S/C22H33N5O2/c1-2-23-22(25-12-11-24-20(28)13-16-7-3-4-8-16)26-15-17-14-21(29)27-19-10-6-5-9-18(17)19/h5-6,9-10,16-17H,2-4,7-8,11-15H2,1H3,(H,24,28)(H,27,29)(H2,23,25,26). The zero-order valence-corrected chi connectivity index (χ0v) is 17.3. The molecular weight excluding hydrogens is 366 g/mol. The molecule has 2 amide bonds. The average Bonchev–Trinajstić information content (AvgIpc) is 3.21. The molecule has 4 N–H and O–H groups in total. The molecule has 1 saturated carbocycles. The number of amides is 2. The fourth-order valence-electron chi connectivity index (χ4n) is 4.14. The monoisotopic (exact) mass is 399 g/mol. The molecule has 0 spiro atoms. The Balaban J connectivity index is 1.46. The maximum Gasteiger partial charge on any atom is 0.225 e. The van der Waals surface area contributed by atoms with Gasteiger partial charge in [0.25, 0.3) is 0 Å². The molecule has 1 fully saturated rings. The van der Waals surface area contributed by atoms with Gasteiger partial charge < -0.3 is 21.3 Å². The van der Waals surface area contributed by atoms with Gasteiger partial charge in [-0.05, 0) is 37.3 Å². The highest BCUT2D eigenvalue weighted by molar-refractivity contribution is 5.94. The molecule has 1 heterocycles. The van der Waals surface area contributed by atoms with Crippen LogP contribution in [0.15, 0.2) is 29.3 Å². The fraction of sp³-hybridized carbons (Fsp3) is 0.591. The van der Waals surface area contributed by atoms with Crippen LogP contribution in [0.1, 0.15) is 56.9 Å². The zero-order valence-electron chi connectivity index (χ0n) is 17.3. The number of hydrogen-bond donors (Lipinski definition) is 4. The number of rotatable bonds is 8. The van der Waals surface area contributed by atoms with Crippen LogP contribution < -0.4 is 21.3 Å². The predicted molar refractivity (Wildman–Crippen MR) is 116 cm³/mol. The number of hydrogen-bond acceptors (Lipinski definition) is 3. The number of nitrogens with one attached hydrogen (secondary N) is 4. The summed E-state index contributed by atoms with van der Waals surface area (Å²) in [5.41, 5.74) is 2.01. The van der Waals surface area contributed by atoms with Gasteiger partial charge in [0, 0.05) is 44.1 Å². The summed E-state index contributed by atoms with van der Waals surface area (Å²) in [5, 5.41) is 12.4. The Labute approximate surface area is 173 Å². The van der Waals surface area contributed by atoms with Crippen molar-refractivity contribution in [1.82, 2.24) is 16.0 Å². The third-order valence-electron chi connectivity index (χ3n) is 5.61. The number of anilines is 1. The Morgan fingerprint density at radius 1 is 1.14 bits per heavy atom. The first-order valence-corrected chi connectivity index (χ1v) is 10.8. The molecule has 1 unspecified atom stereocenters. The first-order valence-electron chi connectivity index (χ1n) is 10.8. The van der Waals surface area contributed by atoms with Gasteiger partial charge in [0.2, 0.25) is 11.8 Å². The minimum atomic E-state index is 0.0341. The predicted octanol–water partition coefficient (Wildman–Crippen LogP) is 2.36. The second-order valence-corrected chi connectivity index (χ2v) is 7.89. The van der Waals surface area contributed by atoms with E-state index in [-0.39, 0.29) is 17.7 Å². The summed E-state index contributed by atoms with van der Waals surface area (Å²) in [5.74, 6) is 1.53. The van der Waals surface area contributed by atoms with Gasteiger partial charge in [-0.1, -0.05) is 31.0 Å². The van der Waals surface area contributed by atoms with Crippen LogP contribution in [0.5, 0.6) is 0 Å². The molecule has 7 nitrogen and oxygen atoms in total. The molecule has 3 rings (SSSR count). The van der Waals surface area contributed by atoms with Gasteiger partial charge in [-0.2, -0.15) is 0 Å². The van der Waals surface area contributed by atoms with Crippen molar-refractivity contribution in [3.05, 3.63) is 29.8 Å². The van der Waals surface area contributed by atoms with Crippen molar-refractivity contribution in [3.63, 3.8) is 0 Å². The van der Waals surface area contributed by atoms with Crippen LogP contribution in [0, 0.1) is 5.92 Å². The second kappa shape index (κ2) is 10.8. The smallest absolute Gasteiger partial charge is 0.225 e. The molecule has 158 valence electrons. The van der Waals surface area contributed by atoms with E-state index in [0.717, 1.165) is 17.8 Å². The number of aliphatic imine (C=N–C) groups is 1. The molecule has 0 radical (unpaired) electrons. The maximum atomic E-state index is 12.0. The number of fused-ring (bicyclic) bond motifs is 1. The van der Waals surface area contributed by atoms with Crippen LogP contribution in [0.2, 0.25) is 0 Å². The molecule has 2 aliphatic rings. The summed E-state index contributed by atoms with van der Waals surface area (Å²) in [6, 6.07) is 7.90. The van der Waals surface area contributed by atoms with Gasteiger partial charge in [-0.3, -0.25) is 14.6 Å². The van der Waals surface area contributed by atoms with Crippen LogP contribution in [0.4, 0.5) is 5.69 Å². The molecule has 1 aromatic rings. The van der Waals surface area contributed by atoms with E-state index in [9.17, 15) is 9.59 Å². The molecule has 0 bridgehead atoms. The van der Waals surface area contributed by atoms with E-state index in [1.165, 1.54) is 25.7 Å². The number of guanidine groups is 1. The van der Waals surface area contributed by atoms with Gasteiger partial charge in [-0.25, -0.2) is 0 Å². The van der Waals surface area contributed by atoms with Crippen molar-refractivity contribution in [2.75, 3.05) is 31.5 Å². The van der Waals surface area contributed by atoms with Crippen LogP contribution >= 0.6 is 0 Å². The third-order valence-corrected chi connectivity index (χ3v) is 5.61.